The van der Waals surface area contributed by atoms with Crippen LogP contribution < -0.4 is 10.9 Å². The largest absolute Gasteiger partial charge is 0.381 e. The monoisotopic (exact) mass is 434 g/mol. The Morgan fingerprint density at radius 2 is 1.68 bits per heavy atom. The summed E-state index contributed by atoms with van der Waals surface area (Å²) in [6.07, 6.45) is 0. The Kier molecular flexibility index (Phi) is 5.40. The number of pyridine rings is 1. The smallest absolute Gasteiger partial charge is 0.254 e. The fraction of sp³-hybridized carbons (Fsp3) is 0.280. The van der Waals surface area contributed by atoms with Gasteiger partial charge in [-0.05, 0) is 67.4 Å². The van der Waals surface area contributed by atoms with Crippen molar-refractivity contribution in [3.05, 3.63) is 86.3 Å². The van der Waals surface area contributed by atoms with Crippen LogP contribution in [0.1, 0.15) is 43.2 Å². The molecule has 4 aromatic rings. The zero-order valence-corrected chi connectivity index (χ0v) is 19.3. The Bertz CT molecular complexity index is 1290. The highest BCUT2D eigenvalue weighted by molar-refractivity contribution is 6.30. The lowest BCUT2D eigenvalue weighted by Crippen LogP contribution is -2.17. The van der Waals surface area contributed by atoms with Crippen LogP contribution in [0, 0.1) is 13.8 Å². The van der Waals surface area contributed by atoms with Gasteiger partial charge >= 0.3 is 0 Å². The van der Waals surface area contributed by atoms with E-state index < -0.39 is 0 Å². The Morgan fingerprint density at radius 1 is 1.03 bits per heavy atom. The van der Waals surface area contributed by atoms with Gasteiger partial charge < -0.3 is 10.3 Å². The average Bonchev–Trinajstić information content (AvgIpc) is 3.04. The van der Waals surface area contributed by atoms with Crippen LogP contribution in [0.15, 0.2) is 53.3 Å². The van der Waals surface area contributed by atoms with Crippen molar-refractivity contribution in [1.29, 1.82) is 0 Å². The highest BCUT2D eigenvalue weighted by Gasteiger charge is 2.24. The molecule has 0 fully saturated rings. The van der Waals surface area contributed by atoms with Gasteiger partial charge in [0.1, 0.15) is 5.65 Å². The molecule has 31 heavy (non-hydrogen) atoms. The van der Waals surface area contributed by atoms with Crippen LogP contribution in [0.25, 0.3) is 16.7 Å². The molecule has 0 bridgehead atoms. The van der Waals surface area contributed by atoms with E-state index in [0.29, 0.717) is 22.8 Å². The Hall–Kier alpha value is -3.05. The number of fused-ring (bicyclic) bond motifs is 1. The summed E-state index contributed by atoms with van der Waals surface area (Å²) < 4.78 is 1.79. The van der Waals surface area contributed by atoms with Crippen molar-refractivity contribution in [3.63, 3.8) is 0 Å². The molecule has 0 unspecified atom stereocenters. The second kappa shape index (κ2) is 7.89. The fourth-order valence-corrected chi connectivity index (χ4v) is 3.97. The second-order valence-corrected chi connectivity index (χ2v) is 9.54. The molecule has 0 atom stereocenters. The highest BCUT2D eigenvalue weighted by Crippen LogP contribution is 2.30. The summed E-state index contributed by atoms with van der Waals surface area (Å²) in [5, 5.41) is 9.86. The number of benzene rings is 2. The molecule has 2 aromatic heterocycles. The first-order valence-corrected chi connectivity index (χ1v) is 10.7. The number of rotatable bonds is 4. The molecule has 0 saturated heterocycles. The fourth-order valence-electron chi connectivity index (χ4n) is 3.84. The molecule has 0 spiro atoms. The van der Waals surface area contributed by atoms with Crippen LogP contribution in [0.3, 0.4) is 0 Å². The molecule has 6 heteroatoms. The zero-order chi connectivity index (χ0) is 22.3. The van der Waals surface area contributed by atoms with Crippen LogP contribution in [-0.4, -0.2) is 14.8 Å². The van der Waals surface area contributed by atoms with Crippen molar-refractivity contribution in [2.75, 3.05) is 5.32 Å². The summed E-state index contributed by atoms with van der Waals surface area (Å²) in [6.45, 7) is 10.9. The molecule has 2 aromatic carbocycles. The highest BCUT2D eigenvalue weighted by atomic mass is 35.5. The zero-order valence-electron chi connectivity index (χ0n) is 18.5. The van der Waals surface area contributed by atoms with Crippen LogP contribution in [-0.2, 0) is 12.0 Å². The maximum absolute atomic E-state index is 12.9. The summed E-state index contributed by atoms with van der Waals surface area (Å²) in [4.78, 5) is 16.0. The van der Waals surface area contributed by atoms with E-state index >= 15 is 0 Å². The van der Waals surface area contributed by atoms with E-state index in [1.807, 2.05) is 30.3 Å². The van der Waals surface area contributed by atoms with Crippen molar-refractivity contribution < 1.29 is 0 Å². The number of halogens is 1. The number of hydrogen-bond donors (Lipinski definition) is 2. The van der Waals surface area contributed by atoms with E-state index in [1.165, 1.54) is 11.1 Å². The molecule has 2 heterocycles. The molecular weight excluding hydrogens is 408 g/mol. The van der Waals surface area contributed by atoms with Gasteiger partial charge in [-0.1, -0.05) is 38.4 Å². The lowest BCUT2D eigenvalue weighted by molar-refractivity contribution is 0.565. The van der Waals surface area contributed by atoms with Crippen molar-refractivity contribution in [1.82, 2.24) is 14.8 Å². The first-order valence-electron chi connectivity index (χ1n) is 10.4. The van der Waals surface area contributed by atoms with Crippen LogP contribution >= 0.6 is 11.6 Å². The minimum Gasteiger partial charge on any atom is -0.381 e. The van der Waals surface area contributed by atoms with Crippen molar-refractivity contribution in [2.45, 2.75) is 46.6 Å². The first kappa shape index (κ1) is 21.2. The number of aryl methyl sites for hydroxylation is 2. The molecular formula is C25H27ClN4O. The number of anilines is 1. The van der Waals surface area contributed by atoms with Gasteiger partial charge in [0.05, 0.1) is 11.4 Å². The quantitative estimate of drug-likeness (QED) is 0.420. The predicted octanol–water partition coefficient (Wildman–Crippen LogP) is 5.89. The van der Waals surface area contributed by atoms with Gasteiger partial charge in [-0.3, -0.25) is 4.79 Å². The summed E-state index contributed by atoms with van der Waals surface area (Å²) in [6, 6.07) is 15.7. The maximum Gasteiger partial charge on any atom is 0.254 e. The Balaban J connectivity index is 1.79. The van der Waals surface area contributed by atoms with Gasteiger partial charge in [-0.2, -0.15) is 5.10 Å². The van der Waals surface area contributed by atoms with E-state index in [-0.39, 0.29) is 11.0 Å². The van der Waals surface area contributed by atoms with E-state index in [1.54, 1.807) is 4.68 Å². The van der Waals surface area contributed by atoms with Gasteiger partial charge in [0.15, 0.2) is 0 Å². The van der Waals surface area contributed by atoms with E-state index in [2.05, 4.69) is 63.1 Å². The molecule has 0 radical (unpaired) electrons. The van der Waals surface area contributed by atoms with Crippen molar-refractivity contribution in [3.8, 4) is 5.69 Å². The van der Waals surface area contributed by atoms with Crippen molar-refractivity contribution in [2.24, 2.45) is 0 Å². The third kappa shape index (κ3) is 4.37. The van der Waals surface area contributed by atoms with Gasteiger partial charge in [0.25, 0.3) is 5.56 Å². The minimum absolute atomic E-state index is 0.125. The average molecular weight is 435 g/mol. The summed E-state index contributed by atoms with van der Waals surface area (Å²) in [5.41, 5.74) is 6.21. The molecule has 0 aliphatic rings. The molecule has 2 N–H and O–H groups in total. The second-order valence-electron chi connectivity index (χ2n) is 9.10. The van der Waals surface area contributed by atoms with Gasteiger partial charge in [0.2, 0.25) is 0 Å². The number of nitrogens with one attached hydrogen (secondary N) is 2. The summed E-state index contributed by atoms with van der Waals surface area (Å²) in [5.74, 6) is 0. The first-order chi connectivity index (χ1) is 14.6. The Labute approximate surface area is 187 Å². The molecule has 0 aliphatic heterocycles. The topological polar surface area (TPSA) is 62.7 Å². The number of aromatic amines is 1. The third-order valence-corrected chi connectivity index (χ3v) is 5.50. The molecule has 160 valence electrons. The van der Waals surface area contributed by atoms with Crippen LogP contribution in [0.2, 0.25) is 5.02 Å². The number of nitrogens with zero attached hydrogens (tertiary/aromatic N) is 2. The lowest BCUT2D eigenvalue weighted by atomic mass is 9.90. The van der Waals surface area contributed by atoms with Crippen LogP contribution in [0.4, 0.5) is 5.69 Å². The predicted molar refractivity (Wildman–Crippen MR) is 129 cm³/mol. The lowest BCUT2D eigenvalue weighted by Gasteiger charge is -2.15. The minimum atomic E-state index is -0.188. The molecule has 0 aliphatic carbocycles. The molecule has 5 nitrogen and oxygen atoms in total. The normalized spacial score (nSPS) is 11.8. The van der Waals surface area contributed by atoms with Crippen LogP contribution in [0.5, 0.6) is 0 Å². The summed E-state index contributed by atoms with van der Waals surface area (Å²) in [7, 11) is 0. The third-order valence-electron chi connectivity index (χ3n) is 5.25. The number of hydrogen-bond acceptors (Lipinski definition) is 3. The van der Waals surface area contributed by atoms with Crippen molar-refractivity contribution >= 4 is 28.3 Å². The maximum atomic E-state index is 12.9. The van der Waals surface area contributed by atoms with E-state index in [0.717, 1.165) is 22.5 Å². The number of H-pyrrole nitrogens is 1. The molecule has 0 saturated carbocycles. The Morgan fingerprint density at radius 3 is 2.29 bits per heavy atom. The van der Waals surface area contributed by atoms with E-state index in [4.69, 9.17) is 16.7 Å². The van der Waals surface area contributed by atoms with Gasteiger partial charge in [0, 0.05) is 33.6 Å². The number of aromatic nitrogens is 3. The SMILES string of the molecule is Cc1cc(C)cc(NCc2cc3c(C(C)(C)C)nn(-c4ccc(Cl)cc4)c3[nH]c2=O)c1. The molecule has 0 amide bonds. The van der Waals surface area contributed by atoms with Gasteiger partial charge in [-0.15, -0.1) is 0 Å². The van der Waals surface area contributed by atoms with E-state index in [9.17, 15) is 4.79 Å². The summed E-state index contributed by atoms with van der Waals surface area (Å²) >= 11 is 6.05. The molecule has 4 rings (SSSR count). The van der Waals surface area contributed by atoms with Gasteiger partial charge in [-0.25, -0.2) is 4.68 Å². The standard InChI is InChI=1S/C25H27ClN4O/c1-15-10-16(2)12-19(11-15)27-14-17-13-21-22(25(3,4)5)29-30(23(21)28-24(17)31)20-8-6-18(26)7-9-20/h6-13,27H,14H2,1-5H3,(H,28,31).